The van der Waals surface area contributed by atoms with Gasteiger partial charge in [0.15, 0.2) is 0 Å². The highest BCUT2D eigenvalue weighted by Gasteiger charge is 2.17. The number of non-ortho nitro benzene ring substituents is 1. The molecular weight excluding hydrogens is 288 g/mol. The van der Waals surface area contributed by atoms with E-state index in [2.05, 4.69) is 16.5 Å². The number of thiophene rings is 1. The van der Waals surface area contributed by atoms with Crippen LogP contribution in [0.3, 0.4) is 0 Å². The Morgan fingerprint density at radius 1 is 1.29 bits per heavy atom. The fourth-order valence-corrected chi connectivity index (χ4v) is 3.18. The van der Waals surface area contributed by atoms with Crippen molar-refractivity contribution in [2.24, 2.45) is 0 Å². The molecule has 2 N–H and O–H groups in total. The van der Waals surface area contributed by atoms with Crippen LogP contribution in [-0.2, 0) is 0 Å². The summed E-state index contributed by atoms with van der Waals surface area (Å²) in [5.74, 6) is 0.387. The molecule has 2 aromatic heterocycles. The van der Waals surface area contributed by atoms with E-state index in [9.17, 15) is 10.1 Å². The Morgan fingerprint density at radius 3 is 2.62 bits per heavy atom. The molecule has 0 aliphatic rings. The van der Waals surface area contributed by atoms with Gasteiger partial charge in [0.25, 0.3) is 5.69 Å². The molecule has 0 unspecified atom stereocenters. The zero-order chi connectivity index (χ0) is 15.0. The fraction of sp³-hybridized carbons (Fsp3) is 0. The lowest BCUT2D eigenvalue weighted by molar-refractivity contribution is -0.384. The van der Waals surface area contributed by atoms with E-state index in [1.54, 1.807) is 18.2 Å². The number of fused-ring (bicyclic) bond motifs is 1. The molecule has 104 valence electrons. The van der Waals surface area contributed by atoms with Crippen LogP contribution in [0.2, 0.25) is 0 Å². The number of benzene rings is 1. The Morgan fingerprint density at radius 2 is 2.00 bits per heavy atom. The molecule has 0 bridgehead atoms. The average Bonchev–Trinajstić information content (AvgIpc) is 2.87. The molecule has 6 nitrogen and oxygen atoms in total. The first-order chi connectivity index (χ1) is 10.1. The van der Waals surface area contributed by atoms with Crippen molar-refractivity contribution in [3.8, 4) is 11.1 Å². The van der Waals surface area contributed by atoms with Crippen LogP contribution in [0.5, 0.6) is 0 Å². The second kappa shape index (κ2) is 4.95. The first kappa shape index (κ1) is 13.2. The number of rotatable bonds is 3. The summed E-state index contributed by atoms with van der Waals surface area (Å²) >= 11 is 1.46. The van der Waals surface area contributed by atoms with Crippen LogP contribution >= 0.6 is 11.3 Å². The van der Waals surface area contributed by atoms with Gasteiger partial charge in [-0.1, -0.05) is 12.7 Å². The van der Waals surface area contributed by atoms with Crippen molar-refractivity contribution >= 4 is 39.1 Å². The second-order valence-corrected chi connectivity index (χ2v) is 5.32. The van der Waals surface area contributed by atoms with Crippen LogP contribution in [0.25, 0.3) is 27.4 Å². The van der Waals surface area contributed by atoms with Crippen molar-refractivity contribution in [3.63, 3.8) is 0 Å². The fourth-order valence-electron chi connectivity index (χ4n) is 2.15. The molecule has 0 radical (unpaired) electrons. The highest BCUT2D eigenvalue weighted by molar-refractivity contribution is 7.20. The summed E-state index contributed by atoms with van der Waals surface area (Å²) in [6.07, 6.45) is 3.14. The maximum absolute atomic E-state index is 10.7. The summed E-state index contributed by atoms with van der Waals surface area (Å²) in [6.45, 7) is 3.80. The van der Waals surface area contributed by atoms with Gasteiger partial charge < -0.3 is 5.73 Å². The minimum Gasteiger partial charge on any atom is -0.383 e. The largest absolute Gasteiger partial charge is 0.383 e. The molecule has 0 spiro atoms. The normalized spacial score (nSPS) is 10.7. The van der Waals surface area contributed by atoms with Gasteiger partial charge in [-0.05, 0) is 17.7 Å². The highest BCUT2D eigenvalue weighted by Crippen LogP contribution is 2.40. The Bertz CT molecular complexity index is 855. The number of aromatic nitrogens is 2. The molecule has 0 aliphatic heterocycles. The van der Waals surface area contributed by atoms with Crippen LogP contribution in [0.1, 0.15) is 4.88 Å². The second-order valence-electron chi connectivity index (χ2n) is 4.29. The molecule has 0 amide bonds. The average molecular weight is 298 g/mol. The summed E-state index contributed by atoms with van der Waals surface area (Å²) in [7, 11) is 0. The number of anilines is 1. The monoisotopic (exact) mass is 298 g/mol. The van der Waals surface area contributed by atoms with Crippen LogP contribution in [0.4, 0.5) is 11.5 Å². The Kier molecular flexibility index (Phi) is 3.11. The molecule has 7 heteroatoms. The topological polar surface area (TPSA) is 94.9 Å². The summed E-state index contributed by atoms with van der Waals surface area (Å²) in [4.78, 5) is 20.2. The third-order valence-corrected chi connectivity index (χ3v) is 4.19. The molecule has 0 saturated carbocycles. The van der Waals surface area contributed by atoms with Gasteiger partial charge >= 0.3 is 0 Å². The number of nitrogen functional groups attached to an aromatic ring is 1. The quantitative estimate of drug-likeness (QED) is 0.590. The third kappa shape index (κ3) is 2.13. The van der Waals surface area contributed by atoms with Crippen molar-refractivity contribution in [2.75, 3.05) is 5.73 Å². The lowest BCUT2D eigenvalue weighted by Crippen LogP contribution is -1.92. The summed E-state index contributed by atoms with van der Waals surface area (Å²) in [6, 6.07) is 6.31. The molecule has 21 heavy (non-hydrogen) atoms. The molecule has 3 rings (SSSR count). The first-order valence-corrected chi connectivity index (χ1v) is 6.83. The van der Waals surface area contributed by atoms with Gasteiger partial charge in [-0.3, -0.25) is 10.1 Å². The number of nitro groups is 1. The van der Waals surface area contributed by atoms with E-state index < -0.39 is 4.92 Å². The van der Waals surface area contributed by atoms with Crippen molar-refractivity contribution in [2.45, 2.75) is 0 Å². The maximum atomic E-state index is 10.7. The highest BCUT2D eigenvalue weighted by atomic mass is 32.1. The SMILES string of the molecule is C=Cc1sc2ncnc(N)c2c1-c1ccc([N+](=O)[O-])cc1. The molecule has 1 aromatic carbocycles. The molecule has 0 fully saturated rings. The van der Waals surface area contributed by atoms with Crippen LogP contribution in [-0.4, -0.2) is 14.9 Å². The Balaban J connectivity index is 2.28. The summed E-state index contributed by atoms with van der Waals surface area (Å²) in [5.41, 5.74) is 7.68. The van der Waals surface area contributed by atoms with Crippen LogP contribution in [0, 0.1) is 10.1 Å². The van der Waals surface area contributed by atoms with Crippen molar-refractivity contribution in [1.82, 2.24) is 9.97 Å². The van der Waals surface area contributed by atoms with Gasteiger partial charge in [-0.2, -0.15) is 0 Å². The third-order valence-electron chi connectivity index (χ3n) is 3.10. The number of nitrogens with two attached hydrogens (primary N) is 1. The van der Waals surface area contributed by atoms with Gasteiger partial charge in [-0.15, -0.1) is 11.3 Å². The molecule has 0 atom stereocenters. The maximum Gasteiger partial charge on any atom is 0.269 e. The minimum absolute atomic E-state index is 0.0441. The Labute approximate surface area is 123 Å². The van der Waals surface area contributed by atoms with E-state index in [1.165, 1.54) is 29.8 Å². The van der Waals surface area contributed by atoms with Crippen LogP contribution < -0.4 is 5.73 Å². The predicted octanol–water partition coefficient (Wildman–Crippen LogP) is 3.49. The molecular formula is C14H10N4O2S. The van der Waals surface area contributed by atoms with E-state index in [1.807, 2.05) is 0 Å². The van der Waals surface area contributed by atoms with E-state index in [4.69, 9.17) is 5.73 Å². The minimum atomic E-state index is -0.429. The standard InChI is InChI=1S/C14H10N4O2S/c1-2-10-11(8-3-5-9(6-4-8)18(19)20)12-13(15)16-7-17-14(12)21-10/h2-7H,1H2,(H2,15,16,17). The lowest BCUT2D eigenvalue weighted by Gasteiger charge is -2.03. The number of nitro benzene ring substituents is 1. The van der Waals surface area contributed by atoms with Gasteiger partial charge in [0, 0.05) is 22.6 Å². The molecule has 2 heterocycles. The predicted molar refractivity (Wildman–Crippen MR) is 84.0 cm³/mol. The molecule has 0 saturated heterocycles. The summed E-state index contributed by atoms with van der Waals surface area (Å²) in [5, 5.41) is 11.5. The van der Waals surface area contributed by atoms with E-state index in [0.717, 1.165) is 26.2 Å². The smallest absolute Gasteiger partial charge is 0.269 e. The van der Waals surface area contributed by atoms with Gasteiger partial charge in [0.05, 0.1) is 10.3 Å². The molecule has 0 aliphatic carbocycles. The van der Waals surface area contributed by atoms with Crippen molar-refractivity contribution in [1.29, 1.82) is 0 Å². The molecule has 3 aromatic rings. The summed E-state index contributed by atoms with van der Waals surface area (Å²) < 4.78 is 0. The van der Waals surface area contributed by atoms with E-state index in [0.29, 0.717) is 5.82 Å². The van der Waals surface area contributed by atoms with E-state index in [-0.39, 0.29) is 5.69 Å². The van der Waals surface area contributed by atoms with E-state index >= 15 is 0 Å². The number of nitrogens with zero attached hydrogens (tertiary/aromatic N) is 3. The van der Waals surface area contributed by atoms with Crippen molar-refractivity contribution < 1.29 is 4.92 Å². The van der Waals surface area contributed by atoms with Crippen molar-refractivity contribution in [3.05, 3.63) is 52.2 Å². The zero-order valence-electron chi connectivity index (χ0n) is 10.8. The van der Waals surface area contributed by atoms with Gasteiger partial charge in [-0.25, -0.2) is 9.97 Å². The zero-order valence-corrected chi connectivity index (χ0v) is 11.6. The van der Waals surface area contributed by atoms with Gasteiger partial charge in [0.1, 0.15) is 17.0 Å². The first-order valence-electron chi connectivity index (χ1n) is 6.02. The number of hydrogen-bond acceptors (Lipinski definition) is 6. The van der Waals surface area contributed by atoms with Gasteiger partial charge in [0.2, 0.25) is 0 Å². The Hall–Kier alpha value is -2.80. The van der Waals surface area contributed by atoms with Crippen LogP contribution in [0.15, 0.2) is 37.2 Å². The number of hydrogen-bond donors (Lipinski definition) is 1. The lowest BCUT2D eigenvalue weighted by atomic mass is 10.0.